The second kappa shape index (κ2) is 8.36. The van der Waals surface area contributed by atoms with Crippen molar-refractivity contribution >= 4 is 51.9 Å². The summed E-state index contributed by atoms with van der Waals surface area (Å²) in [6.45, 7) is 0.262. The van der Waals surface area contributed by atoms with Crippen LogP contribution in [-0.4, -0.2) is 42.2 Å². The minimum atomic E-state index is -0.915. The Balaban J connectivity index is 1.80. The molecule has 0 spiro atoms. The predicted molar refractivity (Wildman–Crippen MR) is 109 cm³/mol. The molecule has 0 unspecified atom stereocenters. The number of carbonyl (C=O) groups is 2. The maximum atomic E-state index is 12.6. The Morgan fingerprint density at radius 1 is 1.29 bits per heavy atom. The molecule has 144 valence electrons. The van der Waals surface area contributed by atoms with Crippen LogP contribution in [0.4, 0.5) is 5.69 Å². The standard InChI is InChI=1S/C18H15N3O5S2/c22-16(23)4-2-10-20-17(24)15(28-18(20)27)11-14-3-1-9-19(14)12-5-7-13(8-6-12)21(25)26/h1,3,5-9,11H,2,4,10H2,(H,22,23). The SMILES string of the molecule is O=C(O)CCCN1C(=O)C(=Cc2cccn2-c2ccc([N+](=O)[O-])cc2)SC1=S. The van der Waals surface area contributed by atoms with Gasteiger partial charge in [-0.25, -0.2) is 0 Å². The number of nitro groups is 1. The van der Waals surface area contributed by atoms with E-state index in [1.165, 1.54) is 28.8 Å². The van der Waals surface area contributed by atoms with Crippen LogP contribution < -0.4 is 0 Å². The zero-order valence-electron chi connectivity index (χ0n) is 14.5. The second-order valence-electron chi connectivity index (χ2n) is 5.91. The summed E-state index contributed by atoms with van der Waals surface area (Å²) >= 11 is 6.41. The highest BCUT2D eigenvalue weighted by Gasteiger charge is 2.31. The summed E-state index contributed by atoms with van der Waals surface area (Å²) in [5.41, 5.74) is 1.44. The average Bonchev–Trinajstić information content (AvgIpc) is 3.21. The molecule has 0 radical (unpaired) electrons. The van der Waals surface area contributed by atoms with Crippen molar-refractivity contribution in [1.29, 1.82) is 0 Å². The van der Waals surface area contributed by atoms with Crippen molar-refractivity contribution in [3.63, 3.8) is 0 Å². The molecule has 3 rings (SSSR count). The van der Waals surface area contributed by atoms with Crippen LogP contribution in [0.3, 0.4) is 0 Å². The molecule has 28 heavy (non-hydrogen) atoms. The van der Waals surface area contributed by atoms with Crippen LogP contribution in [0, 0.1) is 10.1 Å². The molecular formula is C18H15N3O5S2. The van der Waals surface area contributed by atoms with Crippen molar-refractivity contribution < 1.29 is 19.6 Å². The molecule has 1 saturated heterocycles. The van der Waals surface area contributed by atoms with Crippen molar-refractivity contribution in [2.75, 3.05) is 6.54 Å². The van der Waals surface area contributed by atoms with Crippen LogP contribution in [0.5, 0.6) is 0 Å². The number of benzene rings is 1. The topological polar surface area (TPSA) is 106 Å². The summed E-state index contributed by atoms with van der Waals surface area (Å²) < 4.78 is 2.20. The Bertz CT molecular complexity index is 981. The number of carboxylic acid groups (broad SMARTS) is 1. The highest BCUT2D eigenvalue weighted by Crippen LogP contribution is 2.33. The molecule has 0 aliphatic carbocycles. The van der Waals surface area contributed by atoms with Crippen molar-refractivity contribution in [2.24, 2.45) is 0 Å². The third-order valence-corrected chi connectivity index (χ3v) is 5.42. The van der Waals surface area contributed by atoms with Gasteiger partial charge < -0.3 is 9.67 Å². The Hall–Kier alpha value is -2.98. The van der Waals surface area contributed by atoms with E-state index in [4.69, 9.17) is 17.3 Å². The van der Waals surface area contributed by atoms with Crippen LogP contribution in [-0.2, 0) is 9.59 Å². The summed E-state index contributed by atoms with van der Waals surface area (Å²) in [4.78, 5) is 35.5. The molecule has 1 aliphatic rings. The first kappa shape index (κ1) is 19.8. The molecule has 1 aromatic carbocycles. The number of amides is 1. The first-order valence-electron chi connectivity index (χ1n) is 8.26. The summed E-state index contributed by atoms with van der Waals surface area (Å²) in [5.74, 6) is -1.17. The van der Waals surface area contributed by atoms with Gasteiger partial charge in [0.25, 0.3) is 11.6 Å². The molecule has 0 saturated carbocycles. The number of nitrogens with zero attached hydrogens (tertiary/aromatic N) is 3. The molecule has 1 amide bonds. The summed E-state index contributed by atoms with van der Waals surface area (Å²) in [6.07, 6.45) is 3.80. The van der Waals surface area contributed by atoms with E-state index in [-0.39, 0.29) is 24.6 Å². The van der Waals surface area contributed by atoms with Gasteiger partial charge in [-0.3, -0.25) is 24.6 Å². The predicted octanol–water partition coefficient (Wildman–Crippen LogP) is 3.45. The van der Waals surface area contributed by atoms with Crippen molar-refractivity contribution in [1.82, 2.24) is 9.47 Å². The van der Waals surface area contributed by atoms with Gasteiger partial charge in [-0.05, 0) is 36.8 Å². The third-order valence-electron chi connectivity index (χ3n) is 4.04. The lowest BCUT2D eigenvalue weighted by Crippen LogP contribution is -2.29. The summed E-state index contributed by atoms with van der Waals surface area (Å²) in [6, 6.07) is 9.72. The number of nitro benzene ring substituents is 1. The number of carboxylic acids is 1. The normalized spacial score (nSPS) is 15.4. The Morgan fingerprint density at radius 3 is 2.64 bits per heavy atom. The summed E-state index contributed by atoms with van der Waals surface area (Å²) in [5, 5.41) is 19.5. The first-order chi connectivity index (χ1) is 13.4. The van der Waals surface area contributed by atoms with Gasteiger partial charge in [-0.2, -0.15) is 0 Å². The Kier molecular flexibility index (Phi) is 5.90. The quantitative estimate of drug-likeness (QED) is 0.318. The average molecular weight is 417 g/mol. The zero-order chi connectivity index (χ0) is 20.3. The van der Waals surface area contributed by atoms with E-state index >= 15 is 0 Å². The Labute approximate surface area is 169 Å². The van der Waals surface area contributed by atoms with Gasteiger partial charge >= 0.3 is 5.97 Å². The zero-order valence-corrected chi connectivity index (χ0v) is 16.1. The maximum Gasteiger partial charge on any atom is 0.303 e. The first-order valence-corrected chi connectivity index (χ1v) is 9.48. The lowest BCUT2D eigenvalue weighted by molar-refractivity contribution is -0.384. The number of thiocarbonyl (C=S) groups is 1. The lowest BCUT2D eigenvalue weighted by atomic mass is 10.2. The van der Waals surface area contributed by atoms with Gasteiger partial charge in [0.05, 0.1) is 9.83 Å². The molecule has 2 heterocycles. The number of aromatic nitrogens is 1. The third kappa shape index (κ3) is 4.29. The van der Waals surface area contributed by atoms with Crippen molar-refractivity contribution in [3.8, 4) is 5.69 Å². The lowest BCUT2D eigenvalue weighted by Gasteiger charge is -2.13. The fourth-order valence-electron chi connectivity index (χ4n) is 2.70. The monoisotopic (exact) mass is 417 g/mol. The van der Waals surface area contributed by atoms with E-state index in [1.54, 1.807) is 35.0 Å². The molecule has 1 aromatic heterocycles. The van der Waals surface area contributed by atoms with Gasteiger partial charge in [0.2, 0.25) is 0 Å². The highest BCUT2D eigenvalue weighted by atomic mass is 32.2. The van der Waals surface area contributed by atoms with Gasteiger partial charge in [-0.15, -0.1) is 0 Å². The van der Waals surface area contributed by atoms with Crippen LogP contribution in [0.2, 0.25) is 0 Å². The van der Waals surface area contributed by atoms with Gasteiger partial charge in [0.15, 0.2) is 0 Å². The van der Waals surface area contributed by atoms with Crippen LogP contribution in [0.1, 0.15) is 18.5 Å². The van der Waals surface area contributed by atoms with Crippen LogP contribution in [0.15, 0.2) is 47.5 Å². The number of carbonyl (C=O) groups excluding carboxylic acids is 1. The largest absolute Gasteiger partial charge is 0.481 e. The maximum absolute atomic E-state index is 12.6. The molecule has 8 nitrogen and oxygen atoms in total. The van der Waals surface area contributed by atoms with Gasteiger partial charge in [0, 0.05) is 42.7 Å². The van der Waals surface area contributed by atoms with Crippen molar-refractivity contribution in [2.45, 2.75) is 12.8 Å². The highest BCUT2D eigenvalue weighted by molar-refractivity contribution is 8.26. The molecule has 0 atom stereocenters. The number of hydrogen-bond donors (Lipinski definition) is 1. The molecule has 1 N–H and O–H groups in total. The minimum Gasteiger partial charge on any atom is -0.481 e. The van der Waals surface area contributed by atoms with E-state index < -0.39 is 10.9 Å². The number of thioether (sulfide) groups is 1. The molecule has 0 bridgehead atoms. The fraction of sp³-hybridized carbons (Fsp3) is 0.167. The number of rotatable bonds is 7. The van der Waals surface area contributed by atoms with E-state index in [1.807, 2.05) is 6.07 Å². The van der Waals surface area contributed by atoms with Crippen LogP contribution >= 0.6 is 24.0 Å². The minimum absolute atomic E-state index is 0.000289. The van der Waals surface area contributed by atoms with Gasteiger partial charge in [0.1, 0.15) is 4.32 Å². The smallest absolute Gasteiger partial charge is 0.303 e. The molecule has 1 aliphatic heterocycles. The van der Waals surface area contributed by atoms with E-state index in [0.717, 1.165) is 11.4 Å². The van der Waals surface area contributed by atoms with E-state index in [2.05, 4.69) is 0 Å². The second-order valence-corrected chi connectivity index (χ2v) is 7.58. The van der Waals surface area contributed by atoms with E-state index in [9.17, 15) is 19.7 Å². The number of non-ortho nitro benzene ring substituents is 1. The molecule has 1 fully saturated rings. The fourth-order valence-corrected chi connectivity index (χ4v) is 3.99. The molecule has 2 aromatic rings. The number of aliphatic carboxylic acids is 1. The summed E-state index contributed by atoms with van der Waals surface area (Å²) in [7, 11) is 0. The number of hydrogen-bond acceptors (Lipinski definition) is 6. The van der Waals surface area contributed by atoms with Gasteiger partial charge in [-0.1, -0.05) is 24.0 Å². The van der Waals surface area contributed by atoms with E-state index in [0.29, 0.717) is 15.6 Å². The van der Waals surface area contributed by atoms with Crippen LogP contribution in [0.25, 0.3) is 11.8 Å². The Morgan fingerprint density at radius 2 is 2.00 bits per heavy atom. The molecule has 10 heteroatoms. The van der Waals surface area contributed by atoms with Crippen molar-refractivity contribution in [3.05, 3.63) is 63.3 Å². The molecular weight excluding hydrogens is 402 g/mol.